The number of nitrogens with two attached hydrogens (primary N) is 1. The Hall–Kier alpha value is -0.610. The van der Waals surface area contributed by atoms with Crippen LogP contribution in [0.15, 0.2) is 0 Å². The van der Waals surface area contributed by atoms with Crippen molar-refractivity contribution in [2.75, 3.05) is 13.1 Å². The first-order valence-electron chi connectivity index (χ1n) is 7.24. The van der Waals surface area contributed by atoms with Crippen LogP contribution in [0, 0.1) is 5.92 Å². The van der Waals surface area contributed by atoms with Crippen LogP contribution in [-0.4, -0.2) is 41.5 Å². The lowest BCUT2D eigenvalue weighted by atomic mass is 9.89. The van der Waals surface area contributed by atoms with Gasteiger partial charge in [0.15, 0.2) is 0 Å². The molecule has 3 unspecified atom stereocenters. The highest BCUT2D eigenvalue weighted by molar-refractivity contribution is 5.84. The lowest BCUT2D eigenvalue weighted by Crippen LogP contribution is -2.62. The van der Waals surface area contributed by atoms with Gasteiger partial charge in [-0.1, -0.05) is 6.92 Å². The van der Waals surface area contributed by atoms with E-state index in [-0.39, 0.29) is 5.91 Å². The second-order valence-electron chi connectivity index (χ2n) is 6.45. The number of carbonyl (C=O) groups is 1. The van der Waals surface area contributed by atoms with E-state index >= 15 is 0 Å². The van der Waals surface area contributed by atoms with Gasteiger partial charge < -0.3 is 5.73 Å². The highest BCUT2D eigenvalue weighted by Gasteiger charge is 2.40. The van der Waals surface area contributed by atoms with Crippen molar-refractivity contribution in [2.45, 2.75) is 64.1 Å². The zero-order valence-electron chi connectivity index (χ0n) is 11.9. The molecule has 3 N–H and O–H groups in total. The molecular weight excluding hydrogens is 226 g/mol. The lowest BCUT2D eigenvalue weighted by molar-refractivity contribution is -0.125. The van der Waals surface area contributed by atoms with E-state index in [1.54, 1.807) is 0 Å². The summed E-state index contributed by atoms with van der Waals surface area (Å²) in [5.41, 5.74) is 5.04. The van der Waals surface area contributed by atoms with Crippen LogP contribution in [0.2, 0.25) is 0 Å². The number of hydrogen-bond acceptors (Lipinski definition) is 3. The molecule has 1 aliphatic heterocycles. The fourth-order valence-corrected chi connectivity index (χ4v) is 2.92. The molecule has 2 fully saturated rings. The van der Waals surface area contributed by atoms with Crippen molar-refractivity contribution in [1.82, 2.24) is 10.2 Å². The molecular formula is C14H27N3O. The van der Waals surface area contributed by atoms with Gasteiger partial charge in [0.2, 0.25) is 5.91 Å². The Morgan fingerprint density at radius 1 is 1.39 bits per heavy atom. The van der Waals surface area contributed by atoms with Crippen LogP contribution in [0.1, 0.15) is 46.5 Å². The number of primary amides is 1. The topological polar surface area (TPSA) is 58.4 Å². The van der Waals surface area contributed by atoms with Gasteiger partial charge in [0.25, 0.3) is 0 Å². The molecule has 0 spiro atoms. The maximum atomic E-state index is 11.8. The molecule has 0 bridgehead atoms. The number of rotatable bonds is 5. The van der Waals surface area contributed by atoms with E-state index < -0.39 is 5.54 Å². The van der Waals surface area contributed by atoms with Gasteiger partial charge in [-0.15, -0.1) is 0 Å². The van der Waals surface area contributed by atoms with E-state index in [4.69, 9.17) is 5.73 Å². The molecule has 2 rings (SSSR count). The van der Waals surface area contributed by atoms with Crippen molar-refractivity contribution in [2.24, 2.45) is 11.7 Å². The maximum absolute atomic E-state index is 11.8. The Balaban J connectivity index is 2.00. The minimum atomic E-state index is -0.577. The zero-order chi connectivity index (χ0) is 13.3. The fourth-order valence-electron chi connectivity index (χ4n) is 2.92. The van der Waals surface area contributed by atoms with E-state index in [9.17, 15) is 4.79 Å². The number of nitrogens with zero attached hydrogens (tertiary/aromatic N) is 1. The second kappa shape index (κ2) is 5.17. The molecule has 1 heterocycles. The van der Waals surface area contributed by atoms with Crippen LogP contribution in [0.3, 0.4) is 0 Å². The SMILES string of the molecule is CC1CCCN(CC(C)(NC2CC2)C(N)=O)C1C. The first-order chi connectivity index (χ1) is 8.42. The van der Waals surface area contributed by atoms with E-state index in [2.05, 4.69) is 24.1 Å². The normalized spacial score (nSPS) is 33.1. The maximum Gasteiger partial charge on any atom is 0.238 e. The van der Waals surface area contributed by atoms with Crippen molar-refractivity contribution in [3.63, 3.8) is 0 Å². The fraction of sp³-hybridized carbons (Fsp3) is 0.929. The van der Waals surface area contributed by atoms with Gasteiger partial charge in [0.05, 0.1) is 0 Å². The number of carbonyl (C=O) groups excluding carboxylic acids is 1. The highest BCUT2D eigenvalue weighted by Crippen LogP contribution is 2.27. The third-order valence-corrected chi connectivity index (χ3v) is 4.67. The number of likely N-dealkylation sites (tertiary alicyclic amines) is 1. The zero-order valence-corrected chi connectivity index (χ0v) is 11.9. The van der Waals surface area contributed by atoms with Gasteiger partial charge in [0.1, 0.15) is 5.54 Å². The van der Waals surface area contributed by atoms with Crippen LogP contribution in [0.4, 0.5) is 0 Å². The summed E-state index contributed by atoms with van der Waals surface area (Å²) >= 11 is 0. The predicted octanol–water partition coefficient (Wildman–Crippen LogP) is 1.10. The number of amides is 1. The second-order valence-corrected chi connectivity index (χ2v) is 6.45. The Bertz CT molecular complexity index is 316. The quantitative estimate of drug-likeness (QED) is 0.771. The Labute approximate surface area is 110 Å². The lowest BCUT2D eigenvalue weighted by Gasteiger charge is -2.42. The van der Waals surface area contributed by atoms with Gasteiger partial charge in [0, 0.05) is 18.6 Å². The summed E-state index contributed by atoms with van der Waals surface area (Å²) in [6, 6.07) is 1.04. The Morgan fingerprint density at radius 2 is 2.06 bits per heavy atom. The van der Waals surface area contributed by atoms with Crippen molar-refractivity contribution in [1.29, 1.82) is 0 Å². The van der Waals surface area contributed by atoms with Crippen LogP contribution >= 0.6 is 0 Å². The van der Waals surface area contributed by atoms with Crippen molar-refractivity contribution in [3.8, 4) is 0 Å². The molecule has 1 aliphatic carbocycles. The molecule has 104 valence electrons. The summed E-state index contributed by atoms with van der Waals surface area (Å²) in [6.45, 7) is 8.35. The van der Waals surface area contributed by atoms with Gasteiger partial charge in [-0.2, -0.15) is 0 Å². The molecule has 2 aliphatic rings. The minimum Gasteiger partial charge on any atom is -0.368 e. The third-order valence-electron chi connectivity index (χ3n) is 4.67. The summed E-state index contributed by atoms with van der Waals surface area (Å²) in [5, 5.41) is 3.43. The smallest absolute Gasteiger partial charge is 0.238 e. The van der Waals surface area contributed by atoms with Crippen molar-refractivity contribution in [3.05, 3.63) is 0 Å². The van der Waals surface area contributed by atoms with E-state index in [0.717, 1.165) is 13.1 Å². The molecule has 3 atom stereocenters. The van der Waals surface area contributed by atoms with Gasteiger partial charge in [-0.25, -0.2) is 0 Å². The third kappa shape index (κ3) is 3.04. The molecule has 18 heavy (non-hydrogen) atoms. The summed E-state index contributed by atoms with van der Waals surface area (Å²) < 4.78 is 0. The number of piperidine rings is 1. The number of nitrogens with one attached hydrogen (secondary N) is 1. The van der Waals surface area contributed by atoms with Crippen molar-refractivity contribution >= 4 is 5.91 Å². The standard InChI is InChI=1S/C14H27N3O/c1-10-5-4-8-17(11(10)2)9-14(3,13(15)18)16-12-6-7-12/h10-12,16H,4-9H2,1-3H3,(H2,15,18). The van der Waals surface area contributed by atoms with Crippen molar-refractivity contribution < 1.29 is 4.79 Å². The number of hydrogen-bond donors (Lipinski definition) is 2. The van der Waals surface area contributed by atoms with Crippen LogP contribution in [-0.2, 0) is 4.79 Å². The van der Waals surface area contributed by atoms with E-state index in [0.29, 0.717) is 18.0 Å². The highest BCUT2D eigenvalue weighted by atomic mass is 16.1. The molecule has 0 aromatic heterocycles. The van der Waals surface area contributed by atoms with E-state index in [1.807, 2.05) is 6.92 Å². The average Bonchev–Trinajstić information content (AvgIpc) is 3.08. The minimum absolute atomic E-state index is 0.222. The molecule has 4 heteroatoms. The monoisotopic (exact) mass is 253 g/mol. The van der Waals surface area contributed by atoms with E-state index in [1.165, 1.54) is 25.7 Å². The molecule has 0 aromatic carbocycles. The molecule has 0 aromatic rings. The summed E-state index contributed by atoms with van der Waals surface area (Å²) in [5.74, 6) is 0.483. The largest absolute Gasteiger partial charge is 0.368 e. The van der Waals surface area contributed by atoms with Crippen LogP contribution < -0.4 is 11.1 Å². The van der Waals surface area contributed by atoms with Crippen LogP contribution in [0.25, 0.3) is 0 Å². The Kier molecular flexibility index (Phi) is 3.97. The summed E-state index contributed by atoms with van der Waals surface area (Å²) in [6.07, 6.45) is 4.87. The first kappa shape index (κ1) is 13.8. The van der Waals surface area contributed by atoms with Gasteiger partial charge in [-0.05, 0) is 52.0 Å². The first-order valence-corrected chi connectivity index (χ1v) is 7.24. The predicted molar refractivity (Wildman–Crippen MR) is 73.2 cm³/mol. The summed E-state index contributed by atoms with van der Waals surface area (Å²) in [4.78, 5) is 14.2. The molecule has 1 saturated carbocycles. The summed E-state index contributed by atoms with van der Waals surface area (Å²) in [7, 11) is 0. The van der Waals surface area contributed by atoms with Gasteiger partial charge >= 0.3 is 0 Å². The molecule has 1 saturated heterocycles. The Morgan fingerprint density at radius 3 is 2.61 bits per heavy atom. The molecule has 4 nitrogen and oxygen atoms in total. The van der Waals surface area contributed by atoms with Crippen LogP contribution in [0.5, 0.6) is 0 Å². The van der Waals surface area contributed by atoms with Gasteiger partial charge in [-0.3, -0.25) is 15.0 Å². The molecule has 1 amide bonds. The molecule has 0 radical (unpaired) electrons. The average molecular weight is 253 g/mol.